The fraction of sp³-hybridized carbons (Fsp3) is 0.400. The van der Waals surface area contributed by atoms with Crippen LogP contribution in [0.4, 0.5) is 0 Å². The van der Waals surface area contributed by atoms with Crippen LogP contribution < -0.4 is 0 Å². The molecule has 0 radical (unpaired) electrons. The number of ether oxygens (including phenoxy) is 2. The van der Waals surface area contributed by atoms with Crippen molar-refractivity contribution in [2.75, 3.05) is 13.2 Å². The Morgan fingerprint density at radius 2 is 1.42 bits per heavy atom. The van der Waals surface area contributed by atoms with Crippen molar-refractivity contribution >= 4 is 11.9 Å². The van der Waals surface area contributed by atoms with Crippen molar-refractivity contribution in [3.63, 3.8) is 0 Å². The third kappa shape index (κ3) is 5.69. The summed E-state index contributed by atoms with van der Waals surface area (Å²) in [5.41, 5.74) is 5.36. The summed E-state index contributed by atoms with van der Waals surface area (Å²) in [7, 11) is 0. The number of hydrogen-bond acceptors (Lipinski definition) is 4. The molecule has 1 rings (SSSR count). The van der Waals surface area contributed by atoms with Crippen molar-refractivity contribution in [3.8, 4) is 0 Å². The van der Waals surface area contributed by atoms with Gasteiger partial charge < -0.3 is 9.47 Å². The van der Waals surface area contributed by atoms with E-state index in [9.17, 15) is 9.59 Å². The highest BCUT2D eigenvalue weighted by Gasteiger charge is 2.11. The lowest BCUT2D eigenvalue weighted by Crippen LogP contribution is -2.12. The predicted octanol–water partition coefficient (Wildman–Crippen LogP) is 3.63. The van der Waals surface area contributed by atoms with Gasteiger partial charge in [0.25, 0.3) is 0 Å². The van der Waals surface area contributed by atoms with Crippen LogP contribution in [0.25, 0.3) is 0 Å². The molecule has 0 saturated heterocycles. The van der Waals surface area contributed by atoms with E-state index in [0.29, 0.717) is 37.2 Å². The minimum atomic E-state index is -0.379. The minimum Gasteiger partial charge on any atom is -0.462 e. The first-order valence-electron chi connectivity index (χ1n) is 7.97. The number of esters is 2. The van der Waals surface area contributed by atoms with E-state index in [1.807, 2.05) is 13.0 Å². The van der Waals surface area contributed by atoms with Gasteiger partial charge in [-0.05, 0) is 49.9 Å². The number of rotatable bonds is 8. The summed E-state index contributed by atoms with van der Waals surface area (Å²) >= 11 is 0. The molecule has 0 aliphatic rings. The number of aryl methyl sites for hydroxylation is 1. The number of hydrogen-bond donors (Lipinski definition) is 0. The van der Waals surface area contributed by atoms with Gasteiger partial charge in [0.1, 0.15) is 0 Å². The van der Waals surface area contributed by atoms with Crippen molar-refractivity contribution in [1.82, 2.24) is 0 Å². The van der Waals surface area contributed by atoms with Gasteiger partial charge in [0.15, 0.2) is 0 Å². The summed E-state index contributed by atoms with van der Waals surface area (Å²) in [6.07, 6.45) is 1.24. The first kappa shape index (κ1) is 19.7. The van der Waals surface area contributed by atoms with Gasteiger partial charge in [0.05, 0.1) is 13.2 Å². The Morgan fingerprint density at radius 1 is 0.917 bits per heavy atom. The molecule has 130 valence electrons. The Balaban J connectivity index is 2.76. The maximum Gasteiger partial charge on any atom is 0.333 e. The smallest absolute Gasteiger partial charge is 0.333 e. The molecule has 0 N–H and O–H groups in total. The van der Waals surface area contributed by atoms with E-state index in [0.717, 1.165) is 11.1 Å². The molecule has 0 heterocycles. The Labute approximate surface area is 144 Å². The molecule has 0 aliphatic carbocycles. The second-order valence-electron chi connectivity index (χ2n) is 5.98. The zero-order valence-corrected chi connectivity index (χ0v) is 15.0. The zero-order valence-electron chi connectivity index (χ0n) is 15.0. The molecule has 0 saturated carbocycles. The van der Waals surface area contributed by atoms with Crippen molar-refractivity contribution < 1.29 is 19.1 Å². The zero-order chi connectivity index (χ0) is 18.3. The molecule has 0 bridgehead atoms. The Morgan fingerprint density at radius 3 is 1.92 bits per heavy atom. The van der Waals surface area contributed by atoms with Gasteiger partial charge >= 0.3 is 11.9 Å². The SMILES string of the molecule is C=C(C)C(=O)OCCc1ccc(C)c(C)c1CCOC(=O)C(=C)C. The fourth-order valence-electron chi connectivity index (χ4n) is 2.26. The fourth-order valence-corrected chi connectivity index (χ4v) is 2.26. The largest absolute Gasteiger partial charge is 0.462 e. The molecule has 0 fully saturated rings. The summed E-state index contributed by atoms with van der Waals surface area (Å²) in [4.78, 5) is 23.0. The van der Waals surface area contributed by atoms with Crippen LogP contribution in [0.5, 0.6) is 0 Å². The first-order chi connectivity index (χ1) is 11.2. The Hall–Kier alpha value is -2.36. The van der Waals surface area contributed by atoms with E-state index in [2.05, 4.69) is 26.1 Å². The van der Waals surface area contributed by atoms with Gasteiger partial charge in [-0.25, -0.2) is 9.59 Å². The summed E-state index contributed by atoms with van der Waals surface area (Å²) in [5.74, 6) is -0.756. The highest BCUT2D eigenvalue weighted by atomic mass is 16.5. The van der Waals surface area contributed by atoms with E-state index >= 15 is 0 Å². The Bertz CT molecular complexity index is 656. The average molecular weight is 330 g/mol. The van der Waals surface area contributed by atoms with Crippen molar-refractivity contribution in [1.29, 1.82) is 0 Å². The highest BCUT2D eigenvalue weighted by molar-refractivity contribution is 5.87. The van der Waals surface area contributed by atoms with E-state index in [4.69, 9.17) is 9.47 Å². The number of carbonyl (C=O) groups excluding carboxylic acids is 2. The second-order valence-corrected chi connectivity index (χ2v) is 5.98. The number of benzene rings is 1. The molecular weight excluding hydrogens is 304 g/mol. The molecule has 24 heavy (non-hydrogen) atoms. The second kappa shape index (κ2) is 9.06. The monoisotopic (exact) mass is 330 g/mol. The number of carbonyl (C=O) groups is 2. The van der Waals surface area contributed by atoms with Crippen LogP contribution >= 0.6 is 0 Å². The van der Waals surface area contributed by atoms with Gasteiger partial charge in [-0.2, -0.15) is 0 Å². The van der Waals surface area contributed by atoms with Crippen molar-refractivity contribution in [3.05, 3.63) is 58.7 Å². The minimum absolute atomic E-state index is 0.298. The van der Waals surface area contributed by atoms with Crippen LogP contribution in [0, 0.1) is 13.8 Å². The maximum absolute atomic E-state index is 11.5. The molecule has 1 aromatic rings. The molecule has 0 atom stereocenters. The summed E-state index contributed by atoms with van der Waals surface area (Å²) in [6.45, 7) is 15.1. The quantitative estimate of drug-likeness (QED) is 0.539. The lowest BCUT2D eigenvalue weighted by atomic mass is 9.94. The molecular formula is C20H26O4. The van der Waals surface area contributed by atoms with Crippen LogP contribution in [-0.2, 0) is 31.9 Å². The van der Waals surface area contributed by atoms with Crippen LogP contribution in [0.3, 0.4) is 0 Å². The van der Waals surface area contributed by atoms with Crippen molar-refractivity contribution in [2.45, 2.75) is 40.5 Å². The van der Waals surface area contributed by atoms with Crippen molar-refractivity contribution in [2.24, 2.45) is 0 Å². The normalized spacial score (nSPS) is 10.2. The molecule has 1 aromatic carbocycles. The van der Waals surface area contributed by atoms with Crippen LogP contribution in [0.15, 0.2) is 36.4 Å². The standard InChI is InChI=1S/C20H26O4/c1-13(2)19(21)23-11-9-17-8-7-15(5)16(6)18(17)10-12-24-20(22)14(3)4/h7-8H,1,3,9-12H2,2,4-6H3. The van der Waals surface area contributed by atoms with Gasteiger partial charge in [-0.3, -0.25) is 0 Å². The average Bonchev–Trinajstić information content (AvgIpc) is 2.52. The molecule has 0 unspecified atom stereocenters. The highest BCUT2D eigenvalue weighted by Crippen LogP contribution is 2.20. The molecule has 0 spiro atoms. The van der Waals surface area contributed by atoms with Gasteiger partial charge in [-0.15, -0.1) is 0 Å². The third-order valence-electron chi connectivity index (χ3n) is 3.85. The van der Waals surface area contributed by atoms with E-state index in [1.54, 1.807) is 13.8 Å². The third-order valence-corrected chi connectivity index (χ3v) is 3.85. The van der Waals surface area contributed by atoms with Crippen LogP contribution in [0.2, 0.25) is 0 Å². The molecule has 0 aromatic heterocycles. The van der Waals surface area contributed by atoms with E-state index in [-0.39, 0.29) is 11.9 Å². The summed E-state index contributed by atoms with van der Waals surface area (Å²) < 4.78 is 10.4. The van der Waals surface area contributed by atoms with Crippen LogP contribution in [-0.4, -0.2) is 25.2 Å². The molecule has 0 aliphatic heterocycles. The summed E-state index contributed by atoms with van der Waals surface area (Å²) in [6, 6.07) is 4.08. The molecule has 4 heteroatoms. The van der Waals surface area contributed by atoms with Crippen LogP contribution in [0.1, 0.15) is 36.1 Å². The first-order valence-corrected chi connectivity index (χ1v) is 7.97. The Kier molecular flexibility index (Phi) is 7.43. The van der Waals surface area contributed by atoms with Gasteiger partial charge in [-0.1, -0.05) is 25.3 Å². The molecule has 4 nitrogen and oxygen atoms in total. The van der Waals surface area contributed by atoms with E-state index in [1.165, 1.54) is 11.1 Å². The topological polar surface area (TPSA) is 52.6 Å². The molecule has 0 amide bonds. The lowest BCUT2D eigenvalue weighted by Gasteiger charge is -2.15. The summed E-state index contributed by atoms with van der Waals surface area (Å²) in [5, 5.41) is 0. The maximum atomic E-state index is 11.5. The predicted molar refractivity (Wildman–Crippen MR) is 94.9 cm³/mol. The lowest BCUT2D eigenvalue weighted by molar-refractivity contribution is -0.139. The van der Waals surface area contributed by atoms with E-state index < -0.39 is 0 Å². The van der Waals surface area contributed by atoms with Gasteiger partial charge in [0, 0.05) is 24.0 Å². The van der Waals surface area contributed by atoms with Gasteiger partial charge in [0.2, 0.25) is 0 Å².